The van der Waals surface area contributed by atoms with Crippen LogP contribution in [0.25, 0.3) is 5.76 Å². The monoisotopic (exact) mass is 569 g/mol. The summed E-state index contributed by atoms with van der Waals surface area (Å²) in [5.74, 6) is -2.07. The first-order chi connectivity index (χ1) is 19.8. The van der Waals surface area contributed by atoms with Crippen LogP contribution in [-0.4, -0.2) is 39.3 Å². The Bertz CT molecular complexity index is 1650. The number of aromatic nitrogens is 2. The van der Waals surface area contributed by atoms with Crippen LogP contribution in [0.5, 0.6) is 5.75 Å². The second-order valence-corrected chi connectivity index (χ2v) is 10.3. The maximum atomic E-state index is 13.4. The number of pyridine rings is 1. The molecule has 1 fully saturated rings. The smallest absolute Gasteiger partial charge is 0.350 e. The van der Waals surface area contributed by atoms with E-state index in [-0.39, 0.29) is 27.9 Å². The number of aliphatic hydroxyl groups excluding tert-OH is 1. The number of rotatable bonds is 8. The Kier molecular flexibility index (Phi) is 7.93. The van der Waals surface area contributed by atoms with Crippen molar-refractivity contribution < 1.29 is 29.0 Å². The summed E-state index contributed by atoms with van der Waals surface area (Å²) < 4.78 is 11.0. The Labute approximate surface area is 240 Å². The lowest BCUT2D eigenvalue weighted by atomic mass is 9.96. The summed E-state index contributed by atoms with van der Waals surface area (Å²) in [5.41, 5.74) is 3.27. The van der Waals surface area contributed by atoms with Gasteiger partial charge in [-0.1, -0.05) is 41.7 Å². The van der Waals surface area contributed by atoms with Crippen LogP contribution in [0.2, 0.25) is 0 Å². The number of hydrogen-bond donors (Lipinski definition) is 1. The predicted molar refractivity (Wildman–Crippen MR) is 154 cm³/mol. The molecule has 41 heavy (non-hydrogen) atoms. The number of amides is 1. The zero-order valence-electron chi connectivity index (χ0n) is 22.7. The number of esters is 1. The van der Waals surface area contributed by atoms with Gasteiger partial charge in [-0.3, -0.25) is 19.5 Å². The molecule has 1 saturated heterocycles. The summed E-state index contributed by atoms with van der Waals surface area (Å²) in [6.45, 7) is 5.90. The van der Waals surface area contributed by atoms with Gasteiger partial charge >= 0.3 is 11.9 Å². The van der Waals surface area contributed by atoms with Gasteiger partial charge in [0.05, 0.1) is 23.9 Å². The zero-order valence-corrected chi connectivity index (χ0v) is 23.5. The minimum atomic E-state index is -1.01. The first-order valence-electron chi connectivity index (χ1n) is 12.9. The van der Waals surface area contributed by atoms with Crippen LogP contribution in [0, 0.1) is 13.8 Å². The zero-order chi connectivity index (χ0) is 29.1. The van der Waals surface area contributed by atoms with E-state index in [2.05, 4.69) is 9.97 Å². The molecule has 0 saturated carbocycles. The van der Waals surface area contributed by atoms with Gasteiger partial charge in [0.15, 0.2) is 5.13 Å². The summed E-state index contributed by atoms with van der Waals surface area (Å²) in [6.07, 6.45) is 3.09. The third-order valence-electron chi connectivity index (χ3n) is 6.68. The lowest BCUT2D eigenvalue weighted by Crippen LogP contribution is -2.29. The number of thiazole rings is 1. The lowest BCUT2D eigenvalue weighted by Gasteiger charge is -2.22. The maximum absolute atomic E-state index is 13.4. The third kappa shape index (κ3) is 5.46. The molecular weight excluding hydrogens is 542 g/mol. The summed E-state index contributed by atoms with van der Waals surface area (Å²) in [4.78, 5) is 49.2. The SMILES string of the molecule is CCOC(=O)c1sc(N2C(=O)C(=O)C(=C(O)c3ccc(OCc4ccccc4C)cc3)C2c2cccnc2)nc1C. The van der Waals surface area contributed by atoms with Crippen molar-refractivity contribution in [1.82, 2.24) is 9.97 Å². The molecule has 9 nitrogen and oxygen atoms in total. The highest BCUT2D eigenvalue weighted by Crippen LogP contribution is 2.43. The summed E-state index contributed by atoms with van der Waals surface area (Å²) in [7, 11) is 0. The molecule has 2 aromatic carbocycles. The van der Waals surface area contributed by atoms with Crippen LogP contribution in [0.1, 0.15) is 50.6 Å². The fourth-order valence-corrected chi connectivity index (χ4v) is 5.54. The average molecular weight is 570 g/mol. The van der Waals surface area contributed by atoms with Crippen molar-refractivity contribution >= 4 is 39.9 Å². The number of aliphatic hydroxyl groups is 1. The largest absolute Gasteiger partial charge is 0.507 e. The molecule has 10 heteroatoms. The Morgan fingerprint density at radius 2 is 1.80 bits per heavy atom. The van der Waals surface area contributed by atoms with Crippen LogP contribution in [0.15, 0.2) is 78.6 Å². The van der Waals surface area contributed by atoms with Crippen molar-refractivity contribution in [2.24, 2.45) is 0 Å². The Balaban J connectivity index is 1.51. The first kappa shape index (κ1) is 27.7. The number of benzene rings is 2. The van der Waals surface area contributed by atoms with Crippen LogP contribution in [0.4, 0.5) is 5.13 Å². The van der Waals surface area contributed by atoms with Gasteiger partial charge in [0, 0.05) is 18.0 Å². The van der Waals surface area contributed by atoms with E-state index in [1.54, 1.807) is 56.4 Å². The van der Waals surface area contributed by atoms with Crippen molar-refractivity contribution in [3.63, 3.8) is 0 Å². The molecule has 1 unspecified atom stereocenters. The molecule has 2 aromatic heterocycles. The van der Waals surface area contributed by atoms with E-state index in [0.29, 0.717) is 29.2 Å². The molecule has 5 rings (SSSR count). The molecule has 1 atom stereocenters. The van der Waals surface area contributed by atoms with Crippen molar-refractivity contribution in [2.75, 3.05) is 11.5 Å². The quantitative estimate of drug-likeness (QED) is 0.127. The van der Waals surface area contributed by atoms with Gasteiger partial charge < -0.3 is 14.6 Å². The number of ketones is 1. The van der Waals surface area contributed by atoms with E-state index < -0.39 is 23.7 Å². The second-order valence-electron chi connectivity index (χ2n) is 9.33. The van der Waals surface area contributed by atoms with Crippen LogP contribution < -0.4 is 9.64 Å². The van der Waals surface area contributed by atoms with Gasteiger partial charge in [0.1, 0.15) is 23.0 Å². The van der Waals surface area contributed by atoms with Gasteiger partial charge in [-0.15, -0.1) is 0 Å². The van der Waals surface area contributed by atoms with E-state index in [1.807, 2.05) is 31.2 Å². The third-order valence-corrected chi connectivity index (χ3v) is 7.82. The number of hydrogen-bond acceptors (Lipinski definition) is 9. The molecule has 0 bridgehead atoms. The van der Waals surface area contributed by atoms with E-state index in [9.17, 15) is 19.5 Å². The van der Waals surface area contributed by atoms with Crippen LogP contribution >= 0.6 is 11.3 Å². The van der Waals surface area contributed by atoms with Crippen LogP contribution in [-0.2, 0) is 20.9 Å². The molecule has 1 aliphatic rings. The predicted octanol–water partition coefficient (Wildman–Crippen LogP) is 5.54. The number of nitrogens with zero attached hydrogens (tertiary/aromatic N) is 3. The number of Topliss-reactive ketones (excluding diaryl/α,β-unsaturated/α-hetero) is 1. The molecule has 208 valence electrons. The maximum Gasteiger partial charge on any atom is 0.350 e. The van der Waals surface area contributed by atoms with Gasteiger partial charge in [-0.2, -0.15) is 0 Å². The fourth-order valence-electron chi connectivity index (χ4n) is 4.55. The van der Waals surface area contributed by atoms with Crippen molar-refractivity contribution in [2.45, 2.75) is 33.4 Å². The van der Waals surface area contributed by atoms with Gasteiger partial charge in [-0.05, 0) is 67.8 Å². The number of anilines is 1. The highest BCUT2D eigenvalue weighted by Gasteiger charge is 2.48. The van der Waals surface area contributed by atoms with E-state index in [0.717, 1.165) is 22.5 Å². The molecule has 0 spiro atoms. The number of carbonyl (C=O) groups is 3. The normalized spacial score (nSPS) is 16.2. The molecule has 3 heterocycles. The van der Waals surface area contributed by atoms with Gasteiger partial charge in [0.25, 0.3) is 5.78 Å². The Morgan fingerprint density at radius 1 is 1.05 bits per heavy atom. The van der Waals surface area contributed by atoms with E-state index in [4.69, 9.17) is 9.47 Å². The summed E-state index contributed by atoms with van der Waals surface area (Å²) in [5, 5.41) is 11.5. The summed E-state index contributed by atoms with van der Waals surface area (Å²) in [6, 6.07) is 16.9. The first-order valence-corrected chi connectivity index (χ1v) is 13.7. The van der Waals surface area contributed by atoms with E-state index >= 15 is 0 Å². The second kappa shape index (κ2) is 11.7. The highest BCUT2D eigenvalue weighted by atomic mass is 32.1. The number of aryl methyl sites for hydroxylation is 2. The number of carbonyl (C=O) groups excluding carboxylic acids is 3. The Hall–Kier alpha value is -4.83. The topological polar surface area (TPSA) is 119 Å². The highest BCUT2D eigenvalue weighted by molar-refractivity contribution is 7.17. The molecule has 0 aliphatic carbocycles. The molecular formula is C31H27N3O6S. The molecule has 4 aromatic rings. The van der Waals surface area contributed by atoms with Crippen molar-refractivity contribution in [3.8, 4) is 5.75 Å². The van der Waals surface area contributed by atoms with Gasteiger partial charge in [0.2, 0.25) is 0 Å². The van der Waals surface area contributed by atoms with Crippen molar-refractivity contribution in [1.29, 1.82) is 0 Å². The average Bonchev–Trinajstić information content (AvgIpc) is 3.49. The summed E-state index contributed by atoms with van der Waals surface area (Å²) >= 11 is 0.951. The van der Waals surface area contributed by atoms with Gasteiger partial charge in [-0.25, -0.2) is 9.78 Å². The molecule has 1 amide bonds. The standard InChI is InChI=1S/C31H27N3O6S/c1-4-39-30(38)28-19(3)33-31(41-28)34-25(21-10-7-15-32-16-21)24(27(36)29(34)37)26(35)20-11-13-23(14-12-20)40-17-22-9-6-5-8-18(22)2/h5-16,25,35H,4,17H2,1-3H3. The minimum Gasteiger partial charge on any atom is -0.507 e. The minimum absolute atomic E-state index is 0.109. The molecule has 1 aliphatic heterocycles. The van der Waals surface area contributed by atoms with Crippen LogP contribution in [0.3, 0.4) is 0 Å². The fraction of sp³-hybridized carbons (Fsp3) is 0.194. The Morgan fingerprint density at radius 3 is 2.49 bits per heavy atom. The van der Waals surface area contributed by atoms with Crippen molar-refractivity contribution in [3.05, 3.63) is 111 Å². The number of ether oxygens (including phenoxy) is 2. The molecule has 1 N–H and O–H groups in total. The molecule has 0 radical (unpaired) electrons. The lowest BCUT2D eigenvalue weighted by molar-refractivity contribution is -0.132. The van der Waals surface area contributed by atoms with E-state index in [1.165, 1.54) is 11.1 Å².